The van der Waals surface area contributed by atoms with E-state index >= 15 is 0 Å². The van der Waals surface area contributed by atoms with Gasteiger partial charge in [0.25, 0.3) is 5.91 Å². The largest absolute Gasteiger partial charge is 0.494 e. The highest BCUT2D eigenvalue weighted by molar-refractivity contribution is 6.23. The van der Waals surface area contributed by atoms with Gasteiger partial charge in [-0.2, -0.15) is 0 Å². The molecule has 0 unspecified atom stereocenters. The Bertz CT molecular complexity index is 927. The zero-order chi connectivity index (χ0) is 20.1. The van der Waals surface area contributed by atoms with E-state index in [-0.39, 0.29) is 12.5 Å². The van der Waals surface area contributed by atoms with Crippen LogP contribution in [0.25, 0.3) is 6.08 Å². The standard InChI is InChI=1S/C23H23NO4/c1-4-27-19-13-11-17(12-14-19)15-20-21(23(26)28-5-2)16(3)24(22(20)25)18-9-7-6-8-10-18/h6-15H,4-5H2,1-3H3/b20-15+. The van der Waals surface area contributed by atoms with Crippen molar-refractivity contribution in [3.05, 3.63) is 77.0 Å². The Kier molecular flexibility index (Phi) is 5.94. The molecule has 144 valence electrons. The van der Waals surface area contributed by atoms with Gasteiger partial charge in [-0.25, -0.2) is 4.79 Å². The van der Waals surface area contributed by atoms with Crippen molar-refractivity contribution in [3.63, 3.8) is 0 Å². The van der Waals surface area contributed by atoms with E-state index in [0.29, 0.717) is 29.1 Å². The molecule has 1 aliphatic rings. The third-order valence-electron chi connectivity index (χ3n) is 4.40. The van der Waals surface area contributed by atoms with Gasteiger partial charge in [-0.3, -0.25) is 9.69 Å². The molecular weight excluding hydrogens is 354 g/mol. The summed E-state index contributed by atoms with van der Waals surface area (Å²) in [6.45, 7) is 6.25. The summed E-state index contributed by atoms with van der Waals surface area (Å²) in [4.78, 5) is 27.3. The van der Waals surface area contributed by atoms with Gasteiger partial charge in [-0.05, 0) is 56.7 Å². The van der Waals surface area contributed by atoms with Crippen molar-refractivity contribution in [2.75, 3.05) is 18.1 Å². The first-order valence-electron chi connectivity index (χ1n) is 9.29. The maximum Gasteiger partial charge on any atom is 0.340 e. The summed E-state index contributed by atoms with van der Waals surface area (Å²) in [5.41, 5.74) is 2.69. The number of rotatable bonds is 6. The van der Waals surface area contributed by atoms with E-state index in [2.05, 4.69) is 0 Å². The topological polar surface area (TPSA) is 55.8 Å². The van der Waals surface area contributed by atoms with Gasteiger partial charge in [0.15, 0.2) is 0 Å². The lowest BCUT2D eigenvalue weighted by Gasteiger charge is -2.17. The summed E-state index contributed by atoms with van der Waals surface area (Å²) >= 11 is 0. The van der Waals surface area contributed by atoms with Crippen LogP contribution >= 0.6 is 0 Å². The van der Waals surface area contributed by atoms with E-state index < -0.39 is 5.97 Å². The molecule has 5 heteroatoms. The maximum atomic E-state index is 13.2. The number of benzene rings is 2. The quantitative estimate of drug-likeness (QED) is 0.555. The normalized spacial score (nSPS) is 15.3. The minimum absolute atomic E-state index is 0.242. The van der Waals surface area contributed by atoms with Gasteiger partial charge >= 0.3 is 5.97 Å². The highest BCUT2D eigenvalue weighted by atomic mass is 16.5. The monoisotopic (exact) mass is 377 g/mol. The number of hydrogen-bond acceptors (Lipinski definition) is 4. The zero-order valence-electron chi connectivity index (χ0n) is 16.3. The van der Waals surface area contributed by atoms with Crippen molar-refractivity contribution < 1.29 is 19.1 Å². The van der Waals surface area contributed by atoms with Gasteiger partial charge in [0.2, 0.25) is 0 Å². The van der Waals surface area contributed by atoms with Crippen LogP contribution in [0.5, 0.6) is 5.75 Å². The lowest BCUT2D eigenvalue weighted by Crippen LogP contribution is -2.24. The van der Waals surface area contributed by atoms with Gasteiger partial charge in [0.1, 0.15) is 5.75 Å². The molecule has 0 spiro atoms. The van der Waals surface area contributed by atoms with E-state index in [4.69, 9.17) is 9.47 Å². The lowest BCUT2D eigenvalue weighted by atomic mass is 10.0. The molecule has 0 fully saturated rings. The fraction of sp³-hybridized carbons (Fsp3) is 0.217. The molecule has 0 aromatic heterocycles. The summed E-state index contributed by atoms with van der Waals surface area (Å²) in [5, 5.41) is 0. The molecule has 2 aromatic carbocycles. The Labute approximate surface area is 164 Å². The van der Waals surface area contributed by atoms with Gasteiger partial charge in [-0.15, -0.1) is 0 Å². The molecule has 0 N–H and O–H groups in total. The van der Waals surface area contributed by atoms with Crippen LogP contribution in [0, 0.1) is 0 Å². The van der Waals surface area contributed by atoms with Crippen molar-refractivity contribution in [2.24, 2.45) is 0 Å². The van der Waals surface area contributed by atoms with Crippen molar-refractivity contribution in [1.82, 2.24) is 0 Å². The highest BCUT2D eigenvalue weighted by Crippen LogP contribution is 2.35. The highest BCUT2D eigenvalue weighted by Gasteiger charge is 2.37. The summed E-state index contributed by atoms with van der Waals surface area (Å²) in [7, 11) is 0. The molecular formula is C23H23NO4. The number of carbonyl (C=O) groups excluding carboxylic acids is 2. The minimum atomic E-state index is -0.496. The van der Waals surface area contributed by atoms with Gasteiger partial charge in [0, 0.05) is 11.4 Å². The molecule has 0 bridgehead atoms. The third-order valence-corrected chi connectivity index (χ3v) is 4.40. The molecule has 1 aliphatic heterocycles. The van der Waals surface area contributed by atoms with Crippen LogP contribution < -0.4 is 9.64 Å². The maximum absolute atomic E-state index is 13.2. The number of esters is 1. The molecule has 0 radical (unpaired) electrons. The second-order valence-electron chi connectivity index (χ2n) is 6.22. The summed E-state index contributed by atoms with van der Waals surface area (Å²) in [6, 6.07) is 16.7. The van der Waals surface area contributed by atoms with Crippen LogP contribution in [0.4, 0.5) is 5.69 Å². The van der Waals surface area contributed by atoms with Crippen LogP contribution in [-0.2, 0) is 14.3 Å². The molecule has 1 amide bonds. The SMILES string of the molecule is CCOC(=O)C1=C(C)N(c2ccccc2)C(=O)/C1=C/c1ccc(OCC)cc1. The number of amides is 1. The van der Waals surface area contributed by atoms with Crippen LogP contribution in [0.15, 0.2) is 71.4 Å². The number of nitrogens with zero attached hydrogens (tertiary/aromatic N) is 1. The molecule has 1 heterocycles. The Hall–Kier alpha value is -3.34. The molecule has 28 heavy (non-hydrogen) atoms. The Morgan fingerprint density at radius 2 is 1.68 bits per heavy atom. The number of para-hydroxylation sites is 1. The van der Waals surface area contributed by atoms with Crippen LogP contribution in [0.1, 0.15) is 26.3 Å². The first-order valence-corrected chi connectivity index (χ1v) is 9.29. The summed E-state index contributed by atoms with van der Waals surface area (Å²) < 4.78 is 10.7. The van der Waals surface area contributed by atoms with E-state index in [1.165, 1.54) is 0 Å². The first kappa shape index (κ1) is 19.4. The van der Waals surface area contributed by atoms with Crippen molar-refractivity contribution in [1.29, 1.82) is 0 Å². The van der Waals surface area contributed by atoms with E-state index in [0.717, 1.165) is 11.3 Å². The summed E-state index contributed by atoms with van der Waals surface area (Å²) in [5.74, 6) is 0.00950. The fourth-order valence-corrected chi connectivity index (χ4v) is 3.16. The van der Waals surface area contributed by atoms with Gasteiger partial charge in [0.05, 0.1) is 24.4 Å². The Morgan fingerprint density at radius 3 is 2.29 bits per heavy atom. The first-order chi connectivity index (χ1) is 13.6. The molecule has 5 nitrogen and oxygen atoms in total. The number of carbonyl (C=O) groups is 2. The van der Waals surface area contributed by atoms with Crippen molar-refractivity contribution >= 4 is 23.6 Å². The lowest BCUT2D eigenvalue weighted by molar-refractivity contribution is -0.138. The van der Waals surface area contributed by atoms with Gasteiger partial charge < -0.3 is 9.47 Å². The third kappa shape index (κ3) is 3.83. The van der Waals surface area contributed by atoms with Crippen molar-refractivity contribution in [3.8, 4) is 5.75 Å². The van der Waals surface area contributed by atoms with Crippen LogP contribution in [-0.4, -0.2) is 25.1 Å². The van der Waals surface area contributed by atoms with Crippen LogP contribution in [0.2, 0.25) is 0 Å². The van der Waals surface area contributed by atoms with E-state index in [9.17, 15) is 9.59 Å². The second-order valence-corrected chi connectivity index (χ2v) is 6.22. The van der Waals surface area contributed by atoms with E-state index in [1.54, 1.807) is 24.8 Å². The molecule has 0 aliphatic carbocycles. The molecule has 3 rings (SSSR count). The molecule has 0 saturated carbocycles. The number of anilines is 1. The molecule has 0 atom stereocenters. The van der Waals surface area contributed by atoms with Gasteiger partial charge in [-0.1, -0.05) is 30.3 Å². The molecule has 0 saturated heterocycles. The Morgan fingerprint density at radius 1 is 1.00 bits per heavy atom. The fourth-order valence-electron chi connectivity index (χ4n) is 3.16. The number of allylic oxidation sites excluding steroid dienone is 1. The van der Waals surface area contributed by atoms with E-state index in [1.807, 2.05) is 61.5 Å². The van der Waals surface area contributed by atoms with Crippen molar-refractivity contribution in [2.45, 2.75) is 20.8 Å². The molecule has 2 aromatic rings. The summed E-state index contributed by atoms with van der Waals surface area (Å²) in [6.07, 6.45) is 1.72. The smallest absolute Gasteiger partial charge is 0.340 e. The average Bonchev–Trinajstić information content (AvgIpc) is 2.94. The minimum Gasteiger partial charge on any atom is -0.494 e. The van der Waals surface area contributed by atoms with Crippen LogP contribution in [0.3, 0.4) is 0 Å². The Balaban J connectivity index is 2.05. The average molecular weight is 377 g/mol. The number of hydrogen-bond donors (Lipinski definition) is 0. The second kappa shape index (κ2) is 8.57. The predicted octanol–water partition coefficient (Wildman–Crippen LogP) is 4.35. The predicted molar refractivity (Wildman–Crippen MR) is 109 cm³/mol. The number of ether oxygens (including phenoxy) is 2. The zero-order valence-corrected chi connectivity index (χ0v) is 16.3.